The van der Waals surface area contributed by atoms with Gasteiger partial charge in [-0.1, -0.05) is 32.0 Å². The van der Waals surface area contributed by atoms with Crippen LogP contribution in [0.1, 0.15) is 13.8 Å². The van der Waals surface area contributed by atoms with Gasteiger partial charge in [-0.3, -0.25) is 4.79 Å². The number of nitrogens with one attached hydrogen (secondary N) is 2. The van der Waals surface area contributed by atoms with Crippen LogP contribution >= 0.6 is 11.8 Å². The second-order valence-corrected chi connectivity index (χ2v) is 6.42. The Balaban J connectivity index is 1.94. The predicted molar refractivity (Wildman–Crippen MR) is 86.3 cm³/mol. The number of benzene rings is 1. The summed E-state index contributed by atoms with van der Waals surface area (Å²) in [6.45, 7) is 4.72. The topological polar surface area (TPSA) is 61.4 Å². The molecule has 1 heterocycles. The summed E-state index contributed by atoms with van der Waals surface area (Å²) in [7, 11) is 0. The van der Waals surface area contributed by atoms with Gasteiger partial charge in [-0.15, -0.1) is 11.8 Å². The molecule has 114 valence electrons. The Morgan fingerprint density at radius 3 is 2.71 bits per heavy atom. The number of carbonyl (C=O) groups excluding carboxylic acids is 2. The predicted octanol–water partition coefficient (Wildman–Crippen LogP) is 2.37. The van der Waals surface area contributed by atoms with Gasteiger partial charge < -0.3 is 15.5 Å². The van der Waals surface area contributed by atoms with Gasteiger partial charge in [0.25, 0.3) is 0 Å². The summed E-state index contributed by atoms with van der Waals surface area (Å²) in [4.78, 5) is 26.1. The fraction of sp³-hybridized carbons (Fsp3) is 0.467. The zero-order valence-electron chi connectivity index (χ0n) is 12.3. The van der Waals surface area contributed by atoms with E-state index >= 15 is 0 Å². The lowest BCUT2D eigenvalue weighted by Gasteiger charge is -2.23. The van der Waals surface area contributed by atoms with Crippen molar-refractivity contribution in [2.75, 3.05) is 23.5 Å². The first-order chi connectivity index (χ1) is 10.1. The minimum absolute atomic E-state index is 0.0723. The molecule has 5 nitrogen and oxygen atoms in total. The fourth-order valence-electron chi connectivity index (χ4n) is 2.00. The van der Waals surface area contributed by atoms with Crippen molar-refractivity contribution in [3.8, 4) is 0 Å². The minimum Gasteiger partial charge on any atom is -0.354 e. The van der Waals surface area contributed by atoms with Crippen LogP contribution in [0.2, 0.25) is 0 Å². The third-order valence-corrected chi connectivity index (χ3v) is 4.17. The largest absolute Gasteiger partial charge is 0.354 e. The number of rotatable bonds is 4. The van der Waals surface area contributed by atoms with Gasteiger partial charge in [0, 0.05) is 18.0 Å². The number of para-hydroxylation sites is 1. The molecule has 3 amide bonds. The molecule has 1 atom stereocenters. The number of amides is 3. The Labute approximate surface area is 129 Å². The molecule has 1 saturated heterocycles. The van der Waals surface area contributed by atoms with Crippen molar-refractivity contribution in [1.82, 2.24) is 10.2 Å². The molecule has 2 N–H and O–H groups in total. The van der Waals surface area contributed by atoms with E-state index in [0.717, 1.165) is 5.69 Å². The highest BCUT2D eigenvalue weighted by molar-refractivity contribution is 7.99. The molecule has 1 aromatic carbocycles. The summed E-state index contributed by atoms with van der Waals surface area (Å²) in [6.07, 6.45) is 0. The van der Waals surface area contributed by atoms with Crippen molar-refractivity contribution < 1.29 is 9.59 Å². The van der Waals surface area contributed by atoms with E-state index in [0.29, 0.717) is 24.1 Å². The third-order valence-electron chi connectivity index (χ3n) is 3.16. The molecule has 0 radical (unpaired) electrons. The van der Waals surface area contributed by atoms with Gasteiger partial charge >= 0.3 is 6.03 Å². The Morgan fingerprint density at radius 2 is 2.05 bits per heavy atom. The van der Waals surface area contributed by atoms with E-state index in [1.807, 2.05) is 44.2 Å². The molecule has 0 bridgehead atoms. The first-order valence-corrected chi connectivity index (χ1v) is 8.21. The molecule has 0 aliphatic carbocycles. The molecular formula is C15H21N3O2S. The molecule has 6 heteroatoms. The van der Waals surface area contributed by atoms with Crippen LogP contribution in [-0.2, 0) is 4.79 Å². The molecular weight excluding hydrogens is 286 g/mol. The fourth-order valence-corrected chi connectivity index (χ4v) is 3.15. The van der Waals surface area contributed by atoms with Crippen LogP contribution in [0.3, 0.4) is 0 Å². The van der Waals surface area contributed by atoms with Gasteiger partial charge in [-0.25, -0.2) is 4.79 Å². The lowest BCUT2D eigenvalue weighted by atomic mass is 10.2. The van der Waals surface area contributed by atoms with E-state index in [2.05, 4.69) is 10.6 Å². The Hall–Kier alpha value is -1.69. The lowest BCUT2D eigenvalue weighted by Crippen LogP contribution is -2.49. The Bertz CT molecular complexity index is 493. The molecule has 1 aliphatic heterocycles. The summed E-state index contributed by atoms with van der Waals surface area (Å²) in [6, 6.07) is 8.66. The van der Waals surface area contributed by atoms with Crippen molar-refractivity contribution in [2.24, 2.45) is 5.92 Å². The number of thioether (sulfide) groups is 1. The van der Waals surface area contributed by atoms with Crippen LogP contribution in [0, 0.1) is 5.92 Å². The zero-order valence-corrected chi connectivity index (χ0v) is 13.2. The van der Waals surface area contributed by atoms with E-state index in [-0.39, 0.29) is 11.9 Å². The first-order valence-electron chi connectivity index (χ1n) is 7.06. The normalized spacial score (nSPS) is 17.9. The molecule has 2 rings (SSSR count). The Morgan fingerprint density at radius 1 is 1.33 bits per heavy atom. The number of hydrogen-bond donors (Lipinski definition) is 2. The molecule has 1 aliphatic rings. The zero-order chi connectivity index (χ0) is 15.2. The summed E-state index contributed by atoms with van der Waals surface area (Å²) < 4.78 is 0. The van der Waals surface area contributed by atoms with Gasteiger partial charge in [-0.2, -0.15) is 0 Å². The summed E-state index contributed by atoms with van der Waals surface area (Å²) >= 11 is 1.60. The van der Waals surface area contributed by atoms with E-state index in [4.69, 9.17) is 0 Å². The first kappa shape index (κ1) is 15.7. The number of urea groups is 1. The summed E-state index contributed by atoms with van der Waals surface area (Å²) in [5, 5.41) is 5.73. The second kappa shape index (κ2) is 7.36. The van der Waals surface area contributed by atoms with Crippen LogP contribution in [0.4, 0.5) is 10.5 Å². The molecule has 1 aromatic rings. The standard InChI is InChI=1S/C15H21N3O2S/c1-11(2)8-16-14(19)13-9-21-10-18(13)15(20)17-12-6-4-3-5-7-12/h3-7,11,13H,8-10H2,1-2H3,(H,16,19)(H,17,20)/t13-/m0/s1. The molecule has 0 unspecified atom stereocenters. The van der Waals surface area contributed by atoms with Gasteiger partial charge in [0.15, 0.2) is 0 Å². The summed E-state index contributed by atoms with van der Waals surface area (Å²) in [5.74, 6) is 1.51. The monoisotopic (exact) mass is 307 g/mol. The molecule has 0 saturated carbocycles. The van der Waals surface area contributed by atoms with Gasteiger partial charge in [-0.05, 0) is 18.1 Å². The second-order valence-electron chi connectivity index (χ2n) is 5.42. The van der Waals surface area contributed by atoms with Gasteiger partial charge in [0.1, 0.15) is 6.04 Å². The van der Waals surface area contributed by atoms with Crippen LogP contribution in [0.25, 0.3) is 0 Å². The maximum absolute atomic E-state index is 12.3. The van der Waals surface area contributed by atoms with Crippen molar-refractivity contribution in [3.63, 3.8) is 0 Å². The minimum atomic E-state index is -0.391. The highest BCUT2D eigenvalue weighted by Gasteiger charge is 2.34. The molecule has 21 heavy (non-hydrogen) atoms. The number of hydrogen-bond acceptors (Lipinski definition) is 3. The van der Waals surface area contributed by atoms with Crippen LogP contribution in [0.5, 0.6) is 0 Å². The smallest absolute Gasteiger partial charge is 0.323 e. The van der Waals surface area contributed by atoms with E-state index in [9.17, 15) is 9.59 Å². The molecule has 1 fully saturated rings. The molecule has 0 spiro atoms. The third kappa shape index (κ3) is 4.39. The van der Waals surface area contributed by atoms with Crippen LogP contribution in [0.15, 0.2) is 30.3 Å². The number of anilines is 1. The number of carbonyl (C=O) groups is 2. The van der Waals surface area contributed by atoms with Crippen molar-refractivity contribution >= 4 is 29.4 Å². The molecule has 0 aromatic heterocycles. The van der Waals surface area contributed by atoms with E-state index < -0.39 is 6.04 Å². The quantitative estimate of drug-likeness (QED) is 0.897. The maximum atomic E-state index is 12.3. The van der Waals surface area contributed by atoms with Gasteiger partial charge in [0.05, 0.1) is 5.88 Å². The number of nitrogens with zero attached hydrogens (tertiary/aromatic N) is 1. The van der Waals surface area contributed by atoms with Crippen molar-refractivity contribution in [2.45, 2.75) is 19.9 Å². The summed E-state index contributed by atoms with van der Waals surface area (Å²) in [5.41, 5.74) is 0.737. The SMILES string of the molecule is CC(C)CNC(=O)[C@@H]1CSCN1C(=O)Nc1ccccc1. The van der Waals surface area contributed by atoms with Crippen molar-refractivity contribution in [1.29, 1.82) is 0 Å². The van der Waals surface area contributed by atoms with E-state index in [1.54, 1.807) is 16.7 Å². The van der Waals surface area contributed by atoms with Crippen LogP contribution in [-0.4, -0.2) is 41.1 Å². The Kier molecular flexibility index (Phi) is 5.50. The highest BCUT2D eigenvalue weighted by atomic mass is 32.2. The lowest BCUT2D eigenvalue weighted by molar-refractivity contribution is -0.124. The average Bonchev–Trinajstić information content (AvgIpc) is 2.95. The highest BCUT2D eigenvalue weighted by Crippen LogP contribution is 2.22. The maximum Gasteiger partial charge on any atom is 0.323 e. The average molecular weight is 307 g/mol. The van der Waals surface area contributed by atoms with Crippen LogP contribution < -0.4 is 10.6 Å². The van der Waals surface area contributed by atoms with Gasteiger partial charge in [0.2, 0.25) is 5.91 Å². The van der Waals surface area contributed by atoms with Crippen molar-refractivity contribution in [3.05, 3.63) is 30.3 Å². The van der Waals surface area contributed by atoms with E-state index in [1.165, 1.54) is 0 Å².